The number of Topliss-reactive ketones (excluding diaryl/α,β-unsaturated/α-hetero) is 1. The SMILES string of the molecule is Cc1c(CC2CCC(=O)CC2)ccc(CC2CCC(CC3CCC(C)CC3)CC2)c1F. The van der Waals surface area contributed by atoms with Crippen LogP contribution in [0.1, 0.15) is 107 Å². The Balaban J connectivity index is 1.26. The van der Waals surface area contributed by atoms with Gasteiger partial charge in [-0.25, -0.2) is 4.39 Å². The highest BCUT2D eigenvalue weighted by Gasteiger charge is 2.27. The number of carbonyl (C=O) groups excluding carboxylic acids is 1. The fourth-order valence-electron chi connectivity index (χ4n) is 6.69. The lowest BCUT2D eigenvalue weighted by Crippen LogP contribution is -2.21. The van der Waals surface area contributed by atoms with E-state index in [1.807, 2.05) is 6.92 Å². The fourth-order valence-corrected chi connectivity index (χ4v) is 6.69. The lowest BCUT2D eigenvalue weighted by atomic mass is 9.72. The summed E-state index contributed by atoms with van der Waals surface area (Å²) in [6.07, 6.45) is 17.7. The van der Waals surface area contributed by atoms with Crippen LogP contribution >= 0.6 is 0 Å². The molecule has 1 nitrogen and oxygen atoms in total. The Hall–Kier alpha value is -1.18. The van der Waals surface area contributed by atoms with E-state index in [0.29, 0.717) is 30.5 Å². The lowest BCUT2D eigenvalue weighted by molar-refractivity contribution is -0.121. The first kappa shape index (κ1) is 23.0. The molecule has 1 aromatic carbocycles. The Kier molecular flexibility index (Phi) is 7.88. The summed E-state index contributed by atoms with van der Waals surface area (Å²) in [5, 5.41) is 0. The van der Waals surface area contributed by atoms with E-state index in [1.165, 1.54) is 57.8 Å². The van der Waals surface area contributed by atoms with Crippen LogP contribution in [0.3, 0.4) is 0 Å². The molecule has 0 atom stereocenters. The van der Waals surface area contributed by atoms with E-state index in [-0.39, 0.29) is 5.82 Å². The minimum absolute atomic E-state index is 0.0443. The third-order valence-corrected chi connectivity index (χ3v) is 9.03. The number of rotatable bonds is 6. The van der Waals surface area contributed by atoms with Crippen molar-refractivity contribution in [3.8, 4) is 0 Å². The number of hydrogen-bond donors (Lipinski definition) is 0. The van der Waals surface area contributed by atoms with Gasteiger partial charge < -0.3 is 0 Å². The van der Waals surface area contributed by atoms with Gasteiger partial charge >= 0.3 is 0 Å². The summed E-state index contributed by atoms with van der Waals surface area (Å²) < 4.78 is 15.2. The molecule has 1 aromatic rings. The van der Waals surface area contributed by atoms with E-state index >= 15 is 4.39 Å². The summed E-state index contributed by atoms with van der Waals surface area (Å²) in [5.74, 6) is 4.50. The summed E-state index contributed by atoms with van der Waals surface area (Å²) in [4.78, 5) is 11.5. The maximum atomic E-state index is 15.2. The second kappa shape index (κ2) is 10.6. The smallest absolute Gasteiger partial charge is 0.132 e. The summed E-state index contributed by atoms with van der Waals surface area (Å²) >= 11 is 0. The van der Waals surface area contributed by atoms with Gasteiger partial charge in [-0.1, -0.05) is 57.6 Å². The van der Waals surface area contributed by atoms with Crippen LogP contribution in [-0.2, 0) is 17.6 Å². The molecule has 31 heavy (non-hydrogen) atoms. The van der Waals surface area contributed by atoms with Gasteiger partial charge in [0.05, 0.1) is 0 Å². The van der Waals surface area contributed by atoms with Gasteiger partial charge in [0.1, 0.15) is 11.6 Å². The van der Waals surface area contributed by atoms with E-state index < -0.39 is 0 Å². The van der Waals surface area contributed by atoms with E-state index in [0.717, 1.165) is 60.1 Å². The van der Waals surface area contributed by atoms with Crippen LogP contribution in [0.25, 0.3) is 0 Å². The van der Waals surface area contributed by atoms with Gasteiger partial charge in [-0.3, -0.25) is 4.79 Å². The van der Waals surface area contributed by atoms with E-state index in [9.17, 15) is 4.79 Å². The Morgan fingerprint density at radius 3 is 1.87 bits per heavy atom. The van der Waals surface area contributed by atoms with Crippen LogP contribution in [0.5, 0.6) is 0 Å². The van der Waals surface area contributed by atoms with E-state index in [4.69, 9.17) is 0 Å². The predicted molar refractivity (Wildman–Crippen MR) is 127 cm³/mol. The highest BCUT2D eigenvalue weighted by Crippen LogP contribution is 2.39. The third-order valence-electron chi connectivity index (χ3n) is 9.03. The number of carbonyl (C=O) groups is 1. The molecule has 0 saturated heterocycles. The third kappa shape index (κ3) is 6.20. The molecule has 0 unspecified atom stereocenters. The maximum absolute atomic E-state index is 15.2. The molecule has 0 aliphatic heterocycles. The molecule has 0 N–H and O–H groups in total. The molecule has 4 rings (SSSR count). The maximum Gasteiger partial charge on any atom is 0.132 e. The van der Waals surface area contributed by atoms with Crippen LogP contribution in [0.4, 0.5) is 4.39 Å². The Bertz CT molecular complexity index is 727. The minimum Gasteiger partial charge on any atom is -0.300 e. The molecule has 172 valence electrons. The molecule has 0 amide bonds. The van der Waals surface area contributed by atoms with Crippen molar-refractivity contribution in [1.29, 1.82) is 0 Å². The normalized spacial score (nSPS) is 30.5. The second-order valence-corrected chi connectivity index (χ2v) is 11.5. The van der Waals surface area contributed by atoms with Crippen molar-refractivity contribution < 1.29 is 9.18 Å². The summed E-state index contributed by atoms with van der Waals surface area (Å²) in [7, 11) is 0. The van der Waals surface area contributed by atoms with Crippen molar-refractivity contribution in [2.75, 3.05) is 0 Å². The molecule has 3 aliphatic carbocycles. The average molecular weight is 427 g/mol. The van der Waals surface area contributed by atoms with Crippen LogP contribution in [0.2, 0.25) is 0 Å². The first-order chi connectivity index (χ1) is 15.0. The first-order valence-corrected chi connectivity index (χ1v) is 13.3. The molecule has 3 fully saturated rings. The molecular formula is C29H43FO. The summed E-state index contributed by atoms with van der Waals surface area (Å²) in [6.45, 7) is 4.37. The highest BCUT2D eigenvalue weighted by atomic mass is 19.1. The van der Waals surface area contributed by atoms with Gasteiger partial charge in [0.15, 0.2) is 0 Å². The lowest BCUT2D eigenvalue weighted by Gasteiger charge is -2.33. The molecule has 3 saturated carbocycles. The van der Waals surface area contributed by atoms with Crippen LogP contribution in [0, 0.1) is 42.3 Å². The Morgan fingerprint density at radius 1 is 0.742 bits per heavy atom. The summed E-state index contributed by atoms with van der Waals surface area (Å²) in [6, 6.07) is 4.25. The molecule has 0 aromatic heterocycles. The van der Waals surface area contributed by atoms with E-state index in [1.54, 1.807) is 0 Å². The highest BCUT2D eigenvalue weighted by molar-refractivity contribution is 5.79. The fraction of sp³-hybridized carbons (Fsp3) is 0.759. The van der Waals surface area contributed by atoms with Crippen molar-refractivity contribution in [1.82, 2.24) is 0 Å². The number of halogens is 1. The zero-order valence-corrected chi connectivity index (χ0v) is 19.9. The van der Waals surface area contributed by atoms with Crippen molar-refractivity contribution in [3.05, 3.63) is 34.6 Å². The van der Waals surface area contributed by atoms with E-state index in [2.05, 4.69) is 19.1 Å². The average Bonchev–Trinajstić information content (AvgIpc) is 2.78. The molecule has 0 spiro atoms. The van der Waals surface area contributed by atoms with Gasteiger partial charge in [-0.2, -0.15) is 0 Å². The second-order valence-electron chi connectivity index (χ2n) is 11.5. The first-order valence-electron chi connectivity index (χ1n) is 13.3. The number of hydrogen-bond acceptors (Lipinski definition) is 1. The largest absolute Gasteiger partial charge is 0.300 e. The molecule has 3 aliphatic rings. The van der Waals surface area contributed by atoms with Crippen LogP contribution in [0.15, 0.2) is 12.1 Å². The number of ketones is 1. The zero-order valence-electron chi connectivity index (χ0n) is 19.9. The predicted octanol–water partition coefficient (Wildman–Crippen LogP) is 8.00. The summed E-state index contributed by atoms with van der Waals surface area (Å²) in [5.41, 5.74) is 2.95. The van der Waals surface area contributed by atoms with Gasteiger partial charge in [0, 0.05) is 12.8 Å². The van der Waals surface area contributed by atoms with Crippen LogP contribution in [-0.4, -0.2) is 5.78 Å². The molecule has 0 heterocycles. The minimum atomic E-state index is 0.0443. The zero-order chi connectivity index (χ0) is 21.8. The Labute approximate surface area is 189 Å². The van der Waals surface area contributed by atoms with Gasteiger partial charge in [0.2, 0.25) is 0 Å². The Morgan fingerprint density at radius 2 is 1.23 bits per heavy atom. The monoisotopic (exact) mass is 426 g/mol. The number of benzene rings is 1. The quantitative estimate of drug-likeness (QED) is 0.450. The van der Waals surface area contributed by atoms with Crippen molar-refractivity contribution in [3.63, 3.8) is 0 Å². The van der Waals surface area contributed by atoms with Crippen molar-refractivity contribution in [2.24, 2.45) is 29.6 Å². The molecule has 0 bridgehead atoms. The van der Waals surface area contributed by atoms with Gasteiger partial charge in [0.25, 0.3) is 0 Å². The molecular weight excluding hydrogens is 383 g/mol. The van der Waals surface area contributed by atoms with Crippen molar-refractivity contribution >= 4 is 5.78 Å². The molecule has 2 heteroatoms. The van der Waals surface area contributed by atoms with Crippen molar-refractivity contribution in [2.45, 2.75) is 110 Å². The van der Waals surface area contributed by atoms with Gasteiger partial charge in [-0.05, 0) is 98.1 Å². The topological polar surface area (TPSA) is 17.1 Å². The van der Waals surface area contributed by atoms with Gasteiger partial charge in [-0.15, -0.1) is 0 Å². The standard InChI is InChI=1S/C29H43FO/c1-20-3-5-22(6-4-20)17-23-7-9-24(10-8-23)19-27-14-13-26(21(2)29(27)30)18-25-11-15-28(31)16-12-25/h13-14,20,22-25H,3-12,15-19H2,1-2H3. The molecule has 0 radical (unpaired) electrons. The van der Waals surface area contributed by atoms with Crippen LogP contribution < -0.4 is 0 Å².